The Kier molecular flexibility index (Phi) is 5.50. The van der Waals surface area contributed by atoms with Crippen molar-refractivity contribution < 1.29 is 9.53 Å². The summed E-state index contributed by atoms with van der Waals surface area (Å²) in [6.45, 7) is 5.81. The van der Waals surface area contributed by atoms with Crippen LogP contribution in [0.4, 0.5) is 0 Å². The van der Waals surface area contributed by atoms with Crippen molar-refractivity contribution >= 4 is 17.2 Å². The first-order chi connectivity index (χ1) is 12.1. The molecule has 1 N–H and O–H groups in total. The van der Waals surface area contributed by atoms with Crippen molar-refractivity contribution in [1.29, 1.82) is 0 Å². The van der Waals surface area contributed by atoms with Gasteiger partial charge in [-0.15, -0.1) is 11.3 Å². The van der Waals surface area contributed by atoms with Gasteiger partial charge in [-0.25, -0.2) is 0 Å². The molecule has 0 aliphatic heterocycles. The van der Waals surface area contributed by atoms with Gasteiger partial charge in [-0.3, -0.25) is 9.48 Å². The number of carbonyl (C=O) groups is 1. The molecular weight excluding hydrogens is 334 g/mol. The number of hydrogen-bond acceptors (Lipinski definition) is 4. The van der Waals surface area contributed by atoms with Crippen LogP contribution < -0.4 is 10.1 Å². The Morgan fingerprint density at radius 2 is 2.16 bits per heavy atom. The predicted molar refractivity (Wildman–Crippen MR) is 99.1 cm³/mol. The van der Waals surface area contributed by atoms with Gasteiger partial charge in [0.1, 0.15) is 12.4 Å². The minimum Gasteiger partial charge on any atom is -0.489 e. The average Bonchev–Trinajstić information content (AvgIpc) is 3.27. The van der Waals surface area contributed by atoms with Gasteiger partial charge >= 0.3 is 0 Å². The molecule has 0 saturated heterocycles. The topological polar surface area (TPSA) is 56.1 Å². The predicted octanol–water partition coefficient (Wildman–Crippen LogP) is 3.57. The summed E-state index contributed by atoms with van der Waals surface area (Å²) < 4.78 is 7.60. The fraction of sp³-hybridized carbons (Fsp3) is 0.263. The third-order valence-corrected chi connectivity index (χ3v) is 4.92. The maximum absolute atomic E-state index is 12.2. The van der Waals surface area contributed by atoms with Gasteiger partial charge in [-0.2, -0.15) is 5.10 Å². The molecule has 0 unspecified atom stereocenters. The van der Waals surface area contributed by atoms with Crippen molar-refractivity contribution in [2.45, 2.75) is 27.0 Å². The van der Waals surface area contributed by atoms with Gasteiger partial charge in [0.15, 0.2) is 0 Å². The summed E-state index contributed by atoms with van der Waals surface area (Å²) >= 11 is 1.43. The molecule has 0 radical (unpaired) electrons. The first-order valence-corrected chi connectivity index (χ1v) is 9.03. The number of aromatic nitrogens is 2. The molecule has 1 aromatic carbocycles. The van der Waals surface area contributed by atoms with Crippen LogP contribution in [0.2, 0.25) is 0 Å². The molecule has 0 spiro atoms. The molecule has 1 amide bonds. The Morgan fingerprint density at radius 3 is 2.92 bits per heavy atom. The van der Waals surface area contributed by atoms with Crippen LogP contribution in [0, 0.1) is 13.8 Å². The van der Waals surface area contributed by atoms with E-state index in [4.69, 9.17) is 4.74 Å². The number of ether oxygens (including phenoxy) is 1. The molecule has 25 heavy (non-hydrogen) atoms. The van der Waals surface area contributed by atoms with Gasteiger partial charge in [0.2, 0.25) is 0 Å². The third-order valence-electron chi connectivity index (χ3n) is 3.95. The molecule has 5 nitrogen and oxygen atoms in total. The van der Waals surface area contributed by atoms with Crippen LogP contribution in [-0.2, 0) is 13.2 Å². The normalized spacial score (nSPS) is 10.6. The highest BCUT2D eigenvalue weighted by atomic mass is 32.1. The summed E-state index contributed by atoms with van der Waals surface area (Å²) in [5.74, 6) is 0.786. The molecule has 3 rings (SSSR count). The summed E-state index contributed by atoms with van der Waals surface area (Å²) in [6.07, 6.45) is 3.60. The van der Waals surface area contributed by atoms with E-state index >= 15 is 0 Å². The van der Waals surface area contributed by atoms with Crippen molar-refractivity contribution in [3.05, 3.63) is 69.7 Å². The zero-order valence-electron chi connectivity index (χ0n) is 14.4. The van der Waals surface area contributed by atoms with Crippen LogP contribution in [0.1, 0.15) is 26.4 Å². The number of rotatable bonds is 7. The van der Waals surface area contributed by atoms with E-state index in [1.54, 1.807) is 10.9 Å². The Bertz CT molecular complexity index is 840. The molecule has 3 aromatic rings. The van der Waals surface area contributed by atoms with Crippen LogP contribution in [-0.4, -0.2) is 22.2 Å². The SMILES string of the molecule is Cc1ccc(OCc2csc(C(=O)NCCn3cccn3)c2)cc1C. The molecule has 0 aliphatic rings. The Hall–Kier alpha value is -2.60. The number of hydrogen-bond donors (Lipinski definition) is 1. The molecule has 130 valence electrons. The molecule has 0 fully saturated rings. The minimum absolute atomic E-state index is 0.0606. The zero-order valence-corrected chi connectivity index (χ0v) is 15.2. The van der Waals surface area contributed by atoms with Gasteiger partial charge in [-0.05, 0) is 54.6 Å². The van der Waals surface area contributed by atoms with Crippen molar-refractivity contribution in [3.8, 4) is 5.75 Å². The van der Waals surface area contributed by atoms with E-state index in [9.17, 15) is 4.79 Å². The maximum atomic E-state index is 12.2. The van der Waals surface area contributed by atoms with Crippen LogP contribution >= 0.6 is 11.3 Å². The lowest BCUT2D eigenvalue weighted by Crippen LogP contribution is -2.26. The highest BCUT2D eigenvalue weighted by Crippen LogP contribution is 2.20. The molecular formula is C19H21N3O2S. The van der Waals surface area contributed by atoms with E-state index in [1.807, 2.05) is 35.8 Å². The number of carbonyl (C=O) groups excluding carboxylic acids is 1. The van der Waals surface area contributed by atoms with Gasteiger partial charge in [0, 0.05) is 24.5 Å². The first kappa shape index (κ1) is 17.2. The van der Waals surface area contributed by atoms with Crippen molar-refractivity contribution in [2.75, 3.05) is 6.54 Å². The lowest BCUT2D eigenvalue weighted by atomic mass is 10.1. The van der Waals surface area contributed by atoms with Gasteiger partial charge < -0.3 is 10.1 Å². The van der Waals surface area contributed by atoms with E-state index in [0.29, 0.717) is 24.6 Å². The summed E-state index contributed by atoms with van der Waals surface area (Å²) in [6, 6.07) is 9.80. The number of amides is 1. The highest BCUT2D eigenvalue weighted by molar-refractivity contribution is 7.12. The molecule has 6 heteroatoms. The monoisotopic (exact) mass is 355 g/mol. The fourth-order valence-corrected chi connectivity index (χ4v) is 3.16. The van der Waals surface area contributed by atoms with E-state index in [1.165, 1.54) is 22.5 Å². The second-order valence-corrected chi connectivity index (χ2v) is 6.79. The molecule has 2 aromatic heterocycles. The smallest absolute Gasteiger partial charge is 0.261 e. The second kappa shape index (κ2) is 7.98. The minimum atomic E-state index is -0.0606. The van der Waals surface area contributed by atoms with Crippen molar-refractivity contribution in [3.63, 3.8) is 0 Å². The van der Waals surface area contributed by atoms with E-state index in [0.717, 1.165) is 11.3 Å². The molecule has 0 atom stereocenters. The highest BCUT2D eigenvalue weighted by Gasteiger charge is 2.09. The Labute approximate surface area is 151 Å². The summed E-state index contributed by atoms with van der Waals surface area (Å²) in [4.78, 5) is 12.9. The Balaban J connectivity index is 1.49. The summed E-state index contributed by atoms with van der Waals surface area (Å²) in [5.41, 5.74) is 3.46. The summed E-state index contributed by atoms with van der Waals surface area (Å²) in [7, 11) is 0. The summed E-state index contributed by atoms with van der Waals surface area (Å²) in [5, 5.41) is 8.98. The molecule has 0 aliphatic carbocycles. The fourth-order valence-electron chi connectivity index (χ4n) is 2.34. The lowest BCUT2D eigenvalue weighted by Gasteiger charge is -2.07. The van der Waals surface area contributed by atoms with E-state index < -0.39 is 0 Å². The molecule has 0 bridgehead atoms. The number of aryl methyl sites for hydroxylation is 2. The van der Waals surface area contributed by atoms with Crippen LogP contribution in [0.3, 0.4) is 0 Å². The van der Waals surface area contributed by atoms with Crippen molar-refractivity contribution in [2.24, 2.45) is 0 Å². The number of thiophene rings is 1. The van der Waals surface area contributed by atoms with Crippen molar-refractivity contribution in [1.82, 2.24) is 15.1 Å². The second-order valence-electron chi connectivity index (χ2n) is 5.88. The number of nitrogens with one attached hydrogen (secondary N) is 1. The first-order valence-electron chi connectivity index (χ1n) is 8.15. The average molecular weight is 355 g/mol. The maximum Gasteiger partial charge on any atom is 0.261 e. The quantitative estimate of drug-likeness (QED) is 0.705. The number of benzene rings is 1. The van der Waals surface area contributed by atoms with Crippen LogP contribution in [0.5, 0.6) is 5.75 Å². The van der Waals surface area contributed by atoms with E-state index in [-0.39, 0.29) is 5.91 Å². The lowest BCUT2D eigenvalue weighted by molar-refractivity contribution is 0.0956. The standard InChI is InChI=1S/C19H21N3O2S/c1-14-4-5-17(10-15(14)2)24-12-16-11-18(25-13-16)19(23)20-7-9-22-8-3-6-21-22/h3-6,8,10-11,13H,7,9,12H2,1-2H3,(H,20,23). The van der Waals surface area contributed by atoms with Crippen LogP contribution in [0.25, 0.3) is 0 Å². The van der Waals surface area contributed by atoms with Gasteiger partial charge in [0.05, 0.1) is 11.4 Å². The van der Waals surface area contributed by atoms with Gasteiger partial charge in [-0.1, -0.05) is 6.07 Å². The number of nitrogens with zero attached hydrogens (tertiary/aromatic N) is 2. The van der Waals surface area contributed by atoms with Crippen LogP contribution in [0.15, 0.2) is 48.1 Å². The zero-order chi connectivity index (χ0) is 17.6. The third kappa shape index (κ3) is 4.70. The molecule has 0 saturated carbocycles. The largest absolute Gasteiger partial charge is 0.489 e. The Morgan fingerprint density at radius 1 is 1.28 bits per heavy atom. The molecule has 2 heterocycles. The van der Waals surface area contributed by atoms with Gasteiger partial charge in [0.25, 0.3) is 5.91 Å². The van der Waals surface area contributed by atoms with E-state index in [2.05, 4.69) is 30.3 Å².